The van der Waals surface area contributed by atoms with Crippen molar-refractivity contribution in [3.8, 4) is 0 Å². The Hall–Kier alpha value is -1.81. The first-order chi connectivity index (χ1) is 12.0. The maximum absolute atomic E-state index is 12.7. The summed E-state index contributed by atoms with van der Waals surface area (Å²) in [7, 11) is 4.06. The van der Waals surface area contributed by atoms with E-state index in [0.717, 1.165) is 24.1 Å². The first-order valence-electron chi connectivity index (χ1n) is 8.43. The number of carbonyl (C=O) groups excluding carboxylic acids is 1. The van der Waals surface area contributed by atoms with Crippen LogP contribution in [-0.4, -0.2) is 31.4 Å². The van der Waals surface area contributed by atoms with Crippen molar-refractivity contribution in [2.75, 3.05) is 20.6 Å². The Morgan fingerprint density at radius 1 is 1.19 bits per heavy atom. The molecule has 140 valence electrons. The van der Waals surface area contributed by atoms with Crippen molar-refractivity contribution >= 4 is 36.0 Å². The molecule has 1 atom stereocenters. The van der Waals surface area contributed by atoms with Crippen LogP contribution >= 0.6 is 24.0 Å². The minimum atomic E-state index is -0.0648. The highest BCUT2D eigenvalue weighted by atomic mass is 35.5. The van der Waals surface area contributed by atoms with Gasteiger partial charge in [-0.05, 0) is 69.4 Å². The summed E-state index contributed by atoms with van der Waals surface area (Å²) < 4.78 is 0. The number of carbonyl (C=O) groups is 1. The number of rotatable bonds is 7. The largest absolute Gasteiger partial charge is 0.345 e. The lowest BCUT2D eigenvalue weighted by atomic mass is 10.0. The van der Waals surface area contributed by atoms with Crippen LogP contribution in [0.25, 0.3) is 6.08 Å². The molecule has 2 aromatic carbocycles. The Morgan fingerprint density at radius 2 is 1.88 bits per heavy atom. The molecule has 0 radical (unpaired) electrons. The zero-order chi connectivity index (χ0) is 18.2. The molecule has 0 aliphatic carbocycles. The number of nitrogens with one attached hydrogen (secondary N) is 1. The second-order valence-corrected chi connectivity index (χ2v) is 6.73. The smallest absolute Gasteiger partial charge is 0.251 e. The fourth-order valence-electron chi connectivity index (χ4n) is 2.62. The Balaban J connectivity index is 0.00000338. The SMILES string of the molecule is C/C=C/c1cccc(C(=O)NC(CCN(C)C)c2ccc(Cl)cc2)c1.Cl. The molecule has 0 saturated carbocycles. The van der Waals surface area contributed by atoms with E-state index in [1.54, 1.807) is 0 Å². The fraction of sp³-hybridized carbons (Fsp3) is 0.286. The molecular weight excluding hydrogens is 367 g/mol. The van der Waals surface area contributed by atoms with Crippen LogP contribution in [0.2, 0.25) is 5.02 Å². The second kappa shape index (κ2) is 11.0. The molecule has 0 fully saturated rings. The monoisotopic (exact) mass is 392 g/mol. The third-order valence-corrected chi connectivity index (χ3v) is 4.20. The van der Waals surface area contributed by atoms with Crippen molar-refractivity contribution in [1.29, 1.82) is 0 Å². The summed E-state index contributed by atoms with van der Waals surface area (Å²) >= 11 is 5.99. The molecule has 0 aliphatic rings. The van der Waals surface area contributed by atoms with Gasteiger partial charge >= 0.3 is 0 Å². The van der Waals surface area contributed by atoms with Crippen molar-refractivity contribution in [2.45, 2.75) is 19.4 Å². The molecule has 0 heterocycles. The van der Waals surface area contributed by atoms with Crippen LogP contribution in [0, 0.1) is 0 Å². The van der Waals surface area contributed by atoms with Crippen molar-refractivity contribution in [2.24, 2.45) is 0 Å². The Bertz CT molecular complexity index is 727. The summed E-state index contributed by atoms with van der Waals surface area (Å²) in [5, 5.41) is 3.86. The summed E-state index contributed by atoms with van der Waals surface area (Å²) in [5.74, 6) is -0.0648. The predicted molar refractivity (Wildman–Crippen MR) is 113 cm³/mol. The van der Waals surface area contributed by atoms with Crippen molar-refractivity contribution in [3.63, 3.8) is 0 Å². The molecule has 0 aromatic heterocycles. The van der Waals surface area contributed by atoms with Crippen molar-refractivity contribution in [3.05, 3.63) is 76.3 Å². The van der Waals surface area contributed by atoms with Crippen LogP contribution < -0.4 is 5.32 Å². The first-order valence-corrected chi connectivity index (χ1v) is 8.81. The van der Waals surface area contributed by atoms with Gasteiger partial charge in [0.1, 0.15) is 0 Å². The van der Waals surface area contributed by atoms with Gasteiger partial charge in [-0.1, -0.05) is 48.0 Å². The number of allylic oxidation sites excluding steroid dienone is 1. The molecular formula is C21H26Cl2N2O. The normalized spacial score (nSPS) is 12.0. The van der Waals surface area contributed by atoms with E-state index in [2.05, 4.69) is 10.2 Å². The zero-order valence-corrected chi connectivity index (χ0v) is 17.0. The average Bonchev–Trinajstić information content (AvgIpc) is 2.59. The molecule has 1 N–H and O–H groups in total. The standard InChI is InChI=1S/C21H25ClN2O.ClH/c1-4-6-16-7-5-8-18(15-16)21(25)23-20(13-14-24(2)3)17-9-11-19(22)12-10-17;/h4-12,15,20H,13-14H2,1-3H3,(H,23,25);1H/b6-4+;. The highest BCUT2D eigenvalue weighted by Gasteiger charge is 2.16. The van der Waals surface area contributed by atoms with Crippen LogP contribution in [0.5, 0.6) is 0 Å². The van der Waals surface area contributed by atoms with Gasteiger partial charge in [0.25, 0.3) is 5.91 Å². The Morgan fingerprint density at radius 3 is 2.50 bits per heavy atom. The highest BCUT2D eigenvalue weighted by molar-refractivity contribution is 6.30. The average molecular weight is 393 g/mol. The minimum absolute atomic E-state index is 0. The molecule has 2 rings (SSSR count). The van der Waals surface area contributed by atoms with E-state index in [1.165, 1.54) is 0 Å². The third kappa shape index (κ3) is 6.83. The topological polar surface area (TPSA) is 32.3 Å². The second-order valence-electron chi connectivity index (χ2n) is 6.30. The van der Waals surface area contributed by atoms with Gasteiger partial charge in [0.05, 0.1) is 6.04 Å². The third-order valence-electron chi connectivity index (χ3n) is 3.95. The summed E-state index contributed by atoms with van der Waals surface area (Å²) in [6.07, 6.45) is 4.78. The number of nitrogens with zero attached hydrogens (tertiary/aromatic N) is 1. The predicted octanol–water partition coefficient (Wildman–Crippen LogP) is 5.22. The molecule has 0 spiro atoms. The van der Waals surface area contributed by atoms with Gasteiger partial charge < -0.3 is 10.2 Å². The maximum Gasteiger partial charge on any atom is 0.251 e. The highest BCUT2D eigenvalue weighted by Crippen LogP contribution is 2.20. The first kappa shape index (κ1) is 22.2. The Labute approximate surface area is 167 Å². The van der Waals surface area contributed by atoms with Gasteiger partial charge in [-0.3, -0.25) is 4.79 Å². The van der Waals surface area contributed by atoms with Crippen LogP contribution in [-0.2, 0) is 0 Å². The molecule has 0 aliphatic heterocycles. The van der Waals surface area contributed by atoms with Gasteiger partial charge in [-0.2, -0.15) is 0 Å². The van der Waals surface area contributed by atoms with E-state index in [0.29, 0.717) is 10.6 Å². The van der Waals surface area contributed by atoms with Crippen molar-refractivity contribution in [1.82, 2.24) is 10.2 Å². The quantitative estimate of drug-likeness (QED) is 0.700. The summed E-state index contributed by atoms with van der Waals surface area (Å²) in [5.41, 5.74) is 2.75. The molecule has 0 bridgehead atoms. The van der Waals surface area contributed by atoms with Crippen LogP contribution in [0.15, 0.2) is 54.6 Å². The lowest BCUT2D eigenvalue weighted by molar-refractivity contribution is 0.0932. The van der Waals surface area contributed by atoms with Gasteiger partial charge in [0, 0.05) is 10.6 Å². The van der Waals surface area contributed by atoms with Gasteiger partial charge in [0.2, 0.25) is 0 Å². The number of amides is 1. The van der Waals surface area contributed by atoms with Crippen LogP contribution in [0.4, 0.5) is 0 Å². The molecule has 5 heteroatoms. The zero-order valence-electron chi connectivity index (χ0n) is 15.4. The summed E-state index contributed by atoms with van der Waals surface area (Å²) in [6, 6.07) is 15.2. The number of hydrogen-bond acceptors (Lipinski definition) is 2. The minimum Gasteiger partial charge on any atom is -0.345 e. The summed E-state index contributed by atoms with van der Waals surface area (Å²) in [4.78, 5) is 14.8. The maximum atomic E-state index is 12.7. The molecule has 3 nitrogen and oxygen atoms in total. The van der Waals surface area contributed by atoms with Gasteiger partial charge in [0.15, 0.2) is 0 Å². The molecule has 1 unspecified atom stereocenters. The number of halogens is 2. The van der Waals surface area contributed by atoms with E-state index >= 15 is 0 Å². The van der Waals surface area contributed by atoms with Crippen LogP contribution in [0.3, 0.4) is 0 Å². The van der Waals surface area contributed by atoms with Gasteiger partial charge in [-0.15, -0.1) is 12.4 Å². The van der Waals surface area contributed by atoms with E-state index in [9.17, 15) is 4.79 Å². The lowest BCUT2D eigenvalue weighted by Gasteiger charge is -2.21. The van der Waals surface area contributed by atoms with Crippen molar-refractivity contribution < 1.29 is 4.79 Å². The fourth-order valence-corrected chi connectivity index (χ4v) is 2.75. The Kier molecular flexibility index (Phi) is 9.42. The molecule has 26 heavy (non-hydrogen) atoms. The molecule has 1 amide bonds. The van der Waals surface area contributed by atoms with E-state index < -0.39 is 0 Å². The van der Waals surface area contributed by atoms with Gasteiger partial charge in [-0.25, -0.2) is 0 Å². The van der Waals surface area contributed by atoms with E-state index in [-0.39, 0.29) is 24.4 Å². The molecule has 2 aromatic rings. The lowest BCUT2D eigenvalue weighted by Crippen LogP contribution is -2.31. The van der Waals surface area contributed by atoms with Crippen LogP contribution in [0.1, 0.15) is 40.9 Å². The summed E-state index contributed by atoms with van der Waals surface area (Å²) in [6.45, 7) is 2.84. The van der Waals surface area contributed by atoms with E-state index in [4.69, 9.17) is 11.6 Å². The number of hydrogen-bond donors (Lipinski definition) is 1. The molecule has 0 saturated heterocycles. The number of benzene rings is 2. The van der Waals surface area contributed by atoms with E-state index in [1.807, 2.05) is 81.7 Å².